The molecule has 1 amide bonds. The van der Waals surface area contributed by atoms with Crippen LogP contribution in [0.1, 0.15) is 26.2 Å². The van der Waals surface area contributed by atoms with Crippen LogP contribution < -0.4 is 10.6 Å². The number of carbonyl (C=O) groups excluding carboxylic acids is 1. The van der Waals surface area contributed by atoms with E-state index in [1.807, 2.05) is 23.9 Å². The smallest absolute Gasteiger partial charge is 0.229 e. The van der Waals surface area contributed by atoms with Crippen LogP contribution in [0.25, 0.3) is 0 Å². The van der Waals surface area contributed by atoms with Crippen molar-refractivity contribution in [2.24, 2.45) is 11.3 Å². The number of hydrogen-bond donors (Lipinski definition) is 2. The van der Waals surface area contributed by atoms with E-state index in [9.17, 15) is 4.79 Å². The highest BCUT2D eigenvalue weighted by Gasteiger charge is 2.57. The number of amides is 1. The second-order valence-corrected chi connectivity index (χ2v) is 5.42. The molecule has 1 atom stereocenters. The minimum absolute atomic E-state index is 0.151. The number of anilines is 1. The summed E-state index contributed by atoms with van der Waals surface area (Å²) in [7, 11) is 0. The molecule has 5 heteroatoms. The van der Waals surface area contributed by atoms with Gasteiger partial charge in [0.25, 0.3) is 0 Å². The van der Waals surface area contributed by atoms with Gasteiger partial charge in [0.15, 0.2) is 5.82 Å². The van der Waals surface area contributed by atoms with Gasteiger partial charge in [-0.15, -0.1) is 0 Å². The number of nitrogens with one attached hydrogen (secondary N) is 2. The number of aryl methyl sites for hydroxylation is 1. The van der Waals surface area contributed by atoms with Crippen molar-refractivity contribution in [2.45, 2.75) is 32.7 Å². The van der Waals surface area contributed by atoms with E-state index >= 15 is 0 Å². The largest absolute Gasteiger partial charge is 0.317 e. The molecule has 2 fully saturated rings. The number of piperidine rings is 1. The molecule has 1 aliphatic heterocycles. The van der Waals surface area contributed by atoms with Gasteiger partial charge in [0.05, 0.1) is 0 Å². The zero-order valence-corrected chi connectivity index (χ0v) is 10.8. The summed E-state index contributed by atoms with van der Waals surface area (Å²) >= 11 is 0. The van der Waals surface area contributed by atoms with Crippen molar-refractivity contribution in [3.8, 4) is 0 Å². The number of rotatable bonds is 3. The maximum absolute atomic E-state index is 12.2. The lowest BCUT2D eigenvalue weighted by atomic mass is 9.92. The minimum atomic E-state index is 0.151. The number of aromatic nitrogens is 2. The van der Waals surface area contributed by atoms with Gasteiger partial charge in [-0.1, -0.05) is 0 Å². The molecule has 2 N–H and O–H groups in total. The quantitative estimate of drug-likeness (QED) is 0.846. The first kappa shape index (κ1) is 11.7. The third-order valence-electron chi connectivity index (χ3n) is 4.32. The lowest BCUT2D eigenvalue weighted by Gasteiger charge is -2.23. The average Bonchev–Trinajstić information content (AvgIpc) is 2.88. The molecule has 1 unspecified atom stereocenters. The number of nitrogens with zero attached hydrogens (tertiary/aromatic N) is 2. The lowest BCUT2D eigenvalue weighted by molar-refractivity contribution is -0.118. The van der Waals surface area contributed by atoms with E-state index in [4.69, 9.17) is 0 Å². The van der Waals surface area contributed by atoms with E-state index in [-0.39, 0.29) is 11.8 Å². The average molecular weight is 248 g/mol. The highest BCUT2D eigenvalue weighted by Crippen LogP contribution is 2.58. The van der Waals surface area contributed by atoms with Gasteiger partial charge in [-0.2, -0.15) is 5.10 Å². The fraction of sp³-hybridized carbons (Fsp3) is 0.692. The van der Waals surface area contributed by atoms with Crippen molar-refractivity contribution in [3.63, 3.8) is 0 Å². The Balaban J connectivity index is 1.59. The van der Waals surface area contributed by atoms with Crippen molar-refractivity contribution in [2.75, 3.05) is 18.4 Å². The molecule has 1 aliphatic carbocycles. The van der Waals surface area contributed by atoms with Crippen LogP contribution in [0.5, 0.6) is 0 Å². The summed E-state index contributed by atoms with van der Waals surface area (Å²) in [5.74, 6) is 1.03. The van der Waals surface area contributed by atoms with Gasteiger partial charge in [0, 0.05) is 24.7 Å². The zero-order valence-electron chi connectivity index (χ0n) is 10.8. The Hall–Kier alpha value is -1.36. The fourth-order valence-corrected chi connectivity index (χ4v) is 3.01. The van der Waals surface area contributed by atoms with Gasteiger partial charge in [-0.05, 0) is 44.7 Å². The van der Waals surface area contributed by atoms with Gasteiger partial charge >= 0.3 is 0 Å². The fourth-order valence-electron chi connectivity index (χ4n) is 3.01. The Morgan fingerprint density at radius 3 is 3.06 bits per heavy atom. The first-order valence-corrected chi connectivity index (χ1v) is 6.78. The Morgan fingerprint density at radius 1 is 1.61 bits per heavy atom. The molecule has 98 valence electrons. The molecule has 1 saturated carbocycles. The van der Waals surface area contributed by atoms with Crippen LogP contribution >= 0.6 is 0 Å². The van der Waals surface area contributed by atoms with E-state index < -0.39 is 0 Å². The van der Waals surface area contributed by atoms with Crippen molar-refractivity contribution in [1.29, 1.82) is 0 Å². The van der Waals surface area contributed by atoms with Crippen molar-refractivity contribution in [3.05, 3.63) is 12.3 Å². The predicted octanol–water partition coefficient (Wildman–Crippen LogP) is 1.23. The molecule has 2 aliphatic rings. The third-order valence-corrected chi connectivity index (χ3v) is 4.32. The summed E-state index contributed by atoms with van der Waals surface area (Å²) in [6.45, 7) is 4.96. The molecular weight excluding hydrogens is 228 g/mol. The van der Waals surface area contributed by atoms with Gasteiger partial charge in [-0.3, -0.25) is 9.48 Å². The summed E-state index contributed by atoms with van der Waals surface area (Å²) in [6.07, 6.45) is 5.21. The Bertz CT molecular complexity index is 448. The van der Waals surface area contributed by atoms with Gasteiger partial charge in [0.2, 0.25) is 5.91 Å². The summed E-state index contributed by atoms with van der Waals surface area (Å²) < 4.78 is 1.82. The zero-order chi connectivity index (χ0) is 12.6. The van der Waals surface area contributed by atoms with E-state index in [1.165, 1.54) is 0 Å². The SMILES string of the molecule is CCn1ccc(NC(=O)C2CC23CCNCC3)n1. The van der Waals surface area contributed by atoms with Crippen molar-refractivity contribution >= 4 is 11.7 Å². The summed E-state index contributed by atoms with van der Waals surface area (Å²) in [5, 5.41) is 10.6. The summed E-state index contributed by atoms with van der Waals surface area (Å²) in [5.41, 5.74) is 0.294. The Labute approximate surface area is 107 Å². The Kier molecular flexibility index (Phi) is 2.86. The van der Waals surface area contributed by atoms with Gasteiger partial charge in [-0.25, -0.2) is 0 Å². The first-order chi connectivity index (χ1) is 8.73. The summed E-state index contributed by atoms with van der Waals surface area (Å²) in [4.78, 5) is 12.2. The van der Waals surface area contributed by atoms with E-state index in [0.717, 1.165) is 38.9 Å². The molecule has 1 spiro atoms. The van der Waals surface area contributed by atoms with E-state index in [2.05, 4.69) is 15.7 Å². The van der Waals surface area contributed by atoms with E-state index in [1.54, 1.807) is 0 Å². The highest BCUT2D eigenvalue weighted by molar-refractivity contribution is 5.94. The Morgan fingerprint density at radius 2 is 2.39 bits per heavy atom. The molecule has 5 nitrogen and oxygen atoms in total. The molecule has 0 bridgehead atoms. The normalized spacial score (nSPS) is 25.1. The summed E-state index contributed by atoms with van der Waals surface area (Å²) in [6, 6.07) is 1.86. The number of carbonyl (C=O) groups is 1. The molecular formula is C13H20N4O. The van der Waals surface area contributed by atoms with Gasteiger partial charge < -0.3 is 10.6 Å². The second kappa shape index (κ2) is 4.39. The second-order valence-electron chi connectivity index (χ2n) is 5.42. The topological polar surface area (TPSA) is 59.0 Å². The first-order valence-electron chi connectivity index (χ1n) is 6.78. The molecule has 3 rings (SSSR count). The van der Waals surface area contributed by atoms with Crippen LogP contribution in [0.4, 0.5) is 5.82 Å². The molecule has 0 radical (unpaired) electrons. The van der Waals surface area contributed by atoms with Crippen LogP contribution in [-0.2, 0) is 11.3 Å². The van der Waals surface area contributed by atoms with Crippen LogP contribution in [0.2, 0.25) is 0 Å². The maximum Gasteiger partial charge on any atom is 0.229 e. The van der Waals surface area contributed by atoms with Crippen molar-refractivity contribution in [1.82, 2.24) is 15.1 Å². The molecule has 18 heavy (non-hydrogen) atoms. The lowest BCUT2D eigenvalue weighted by Crippen LogP contribution is -2.31. The monoisotopic (exact) mass is 248 g/mol. The van der Waals surface area contributed by atoms with Crippen molar-refractivity contribution < 1.29 is 4.79 Å². The molecule has 2 heterocycles. The van der Waals surface area contributed by atoms with Crippen LogP contribution in [0.15, 0.2) is 12.3 Å². The van der Waals surface area contributed by atoms with Crippen LogP contribution in [0, 0.1) is 11.3 Å². The minimum Gasteiger partial charge on any atom is -0.317 e. The predicted molar refractivity (Wildman–Crippen MR) is 69.2 cm³/mol. The molecule has 0 aromatic carbocycles. The third kappa shape index (κ3) is 2.03. The number of hydrogen-bond acceptors (Lipinski definition) is 3. The maximum atomic E-state index is 12.2. The highest BCUT2D eigenvalue weighted by atomic mass is 16.2. The van der Waals surface area contributed by atoms with Crippen LogP contribution in [0.3, 0.4) is 0 Å². The van der Waals surface area contributed by atoms with E-state index in [0.29, 0.717) is 11.2 Å². The van der Waals surface area contributed by atoms with Crippen LogP contribution in [-0.4, -0.2) is 28.8 Å². The standard InChI is InChI=1S/C13H20N4O/c1-2-17-8-3-11(16-17)15-12(18)10-9-13(10)4-6-14-7-5-13/h3,8,10,14H,2,4-7,9H2,1H3,(H,15,16,18). The molecule has 1 saturated heterocycles. The molecule has 1 aromatic heterocycles. The molecule has 1 aromatic rings. The van der Waals surface area contributed by atoms with Gasteiger partial charge in [0.1, 0.15) is 0 Å².